The van der Waals surface area contributed by atoms with Gasteiger partial charge in [0.25, 0.3) is 5.69 Å². The van der Waals surface area contributed by atoms with Crippen LogP contribution in [0.2, 0.25) is 0 Å². The van der Waals surface area contributed by atoms with Gasteiger partial charge < -0.3 is 4.74 Å². The predicted molar refractivity (Wildman–Crippen MR) is 79.8 cm³/mol. The molecule has 0 N–H and O–H groups in total. The lowest BCUT2D eigenvalue weighted by molar-refractivity contribution is -0.385. The molecule has 1 aliphatic carbocycles. The van der Waals surface area contributed by atoms with Gasteiger partial charge in [-0.05, 0) is 36.0 Å². The molecule has 4 heteroatoms. The molecular formula is C16H19NO3. The minimum Gasteiger partial charge on any atom is -0.497 e. The standard InChI is InChI=1S/C16H19NO3/c1-11-7-12(10-16(2,3)9-11)14-6-5-13(20-4)8-15(14)17(18)19/h5-6,8,10H,1,7,9H2,2-4H3. The Kier molecular flexibility index (Phi) is 3.66. The van der Waals surface area contributed by atoms with E-state index in [9.17, 15) is 10.1 Å². The minimum atomic E-state index is -0.358. The number of hydrogen-bond acceptors (Lipinski definition) is 3. The third kappa shape index (κ3) is 2.90. The molecule has 0 amide bonds. The van der Waals surface area contributed by atoms with Gasteiger partial charge in [0, 0.05) is 0 Å². The van der Waals surface area contributed by atoms with Gasteiger partial charge in [0.1, 0.15) is 5.75 Å². The van der Waals surface area contributed by atoms with Crippen LogP contribution in [0.15, 0.2) is 36.4 Å². The highest BCUT2D eigenvalue weighted by Gasteiger charge is 2.27. The summed E-state index contributed by atoms with van der Waals surface area (Å²) in [7, 11) is 1.50. The van der Waals surface area contributed by atoms with Gasteiger partial charge in [0.2, 0.25) is 0 Å². The summed E-state index contributed by atoms with van der Waals surface area (Å²) in [6, 6.07) is 4.99. The summed E-state index contributed by atoms with van der Waals surface area (Å²) >= 11 is 0. The number of nitrogens with zero attached hydrogens (tertiary/aromatic N) is 1. The van der Waals surface area contributed by atoms with E-state index in [2.05, 4.69) is 26.5 Å². The zero-order chi connectivity index (χ0) is 14.9. The highest BCUT2D eigenvalue weighted by atomic mass is 16.6. The number of benzene rings is 1. The fourth-order valence-corrected chi connectivity index (χ4v) is 2.78. The van der Waals surface area contributed by atoms with Crippen molar-refractivity contribution in [1.82, 2.24) is 0 Å². The van der Waals surface area contributed by atoms with Crippen LogP contribution in [0, 0.1) is 15.5 Å². The van der Waals surface area contributed by atoms with Gasteiger partial charge in [-0.3, -0.25) is 10.1 Å². The normalized spacial score (nSPS) is 17.6. The molecule has 0 saturated carbocycles. The molecule has 4 nitrogen and oxygen atoms in total. The molecule has 2 rings (SSSR count). The molecule has 0 radical (unpaired) electrons. The number of rotatable bonds is 3. The van der Waals surface area contributed by atoms with E-state index >= 15 is 0 Å². The molecule has 0 atom stereocenters. The Morgan fingerprint density at radius 2 is 2.10 bits per heavy atom. The number of allylic oxidation sites excluding steroid dienone is 3. The lowest BCUT2D eigenvalue weighted by Crippen LogP contribution is -2.14. The fourth-order valence-electron chi connectivity index (χ4n) is 2.78. The van der Waals surface area contributed by atoms with Gasteiger partial charge in [-0.2, -0.15) is 0 Å². The van der Waals surface area contributed by atoms with Crippen LogP contribution < -0.4 is 4.74 Å². The number of nitro groups is 1. The molecule has 106 valence electrons. The molecule has 0 saturated heterocycles. The Morgan fingerprint density at radius 1 is 1.40 bits per heavy atom. The first-order valence-corrected chi connectivity index (χ1v) is 6.53. The maximum absolute atomic E-state index is 11.3. The average Bonchev–Trinajstić information content (AvgIpc) is 2.35. The Morgan fingerprint density at radius 3 is 2.65 bits per heavy atom. The van der Waals surface area contributed by atoms with E-state index in [-0.39, 0.29) is 16.0 Å². The highest BCUT2D eigenvalue weighted by molar-refractivity contribution is 5.76. The molecule has 0 aliphatic heterocycles. The largest absolute Gasteiger partial charge is 0.497 e. The van der Waals surface area contributed by atoms with Gasteiger partial charge in [0.15, 0.2) is 0 Å². The Labute approximate surface area is 118 Å². The van der Waals surface area contributed by atoms with Crippen molar-refractivity contribution in [3.05, 3.63) is 52.1 Å². The molecule has 1 aromatic rings. The number of nitro benzene ring substituents is 1. The molecule has 0 aromatic heterocycles. The summed E-state index contributed by atoms with van der Waals surface area (Å²) in [4.78, 5) is 10.9. The lowest BCUT2D eigenvalue weighted by Gasteiger charge is -2.29. The van der Waals surface area contributed by atoms with Crippen molar-refractivity contribution in [2.45, 2.75) is 26.7 Å². The molecule has 1 aromatic carbocycles. The number of hydrogen-bond donors (Lipinski definition) is 0. The summed E-state index contributed by atoms with van der Waals surface area (Å²) in [5, 5.41) is 11.3. The summed E-state index contributed by atoms with van der Waals surface area (Å²) in [5.41, 5.74) is 2.81. The average molecular weight is 273 g/mol. The maximum Gasteiger partial charge on any atom is 0.280 e. The summed E-state index contributed by atoms with van der Waals surface area (Å²) < 4.78 is 5.07. The van der Waals surface area contributed by atoms with Crippen LogP contribution in [0.25, 0.3) is 5.57 Å². The first-order valence-electron chi connectivity index (χ1n) is 6.53. The molecule has 1 aliphatic rings. The second-order valence-electron chi connectivity index (χ2n) is 5.90. The third-order valence-corrected chi connectivity index (χ3v) is 3.46. The SMILES string of the molecule is C=C1CC(c2ccc(OC)cc2[N+](=O)[O-])=CC(C)(C)C1. The van der Waals surface area contributed by atoms with E-state index in [0.29, 0.717) is 17.7 Å². The highest BCUT2D eigenvalue weighted by Crippen LogP contribution is 2.42. The van der Waals surface area contributed by atoms with Gasteiger partial charge >= 0.3 is 0 Å². The van der Waals surface area contributed by atoms with Gasteiger partial charge in [0.05, 0.1) is 23.7 Å². The minimum absolute atomic E-state index is 0.0154. The lowest BCUT2D eigenvalue weighted by atomic mass is 9.76. The van der Waals surface area contributed by atoms with Crippen LogP contribution >= 0.6 is 0 Å². The van der Waals surface area contributed by atoms with Crippen LogP contribution in [0.4, 0.5) is 5.69 Å². The fraction of sp³-hybridized carbons (Fsp3) is 0.375. The number of methoxy groups -OCH3 is 1. The van der Waals surface area contributed by atoms with Crippen molar-refractivity contribution < 1.29 is 9.66 Å². The van der Waals surface area contributed by atoms with Crippen molar-refractivity contribution in [1.29, 1.82) is 0 Å². The second-order valence-corrected chi connectivity index (χ2v) is 5.90. The molecule has 20 heavy (non-hydrogen) atoms. The van der Waals surface area contributed by atoms with Gasteiger partial charge in [-0.25, -0.2) is 0 Å². The van der Waals surface area contributed by atoms with Gasteiger partial charge in [-0.15, -0.1) is 0 Å². The van der Waals surface area contributed by atoms with Crippen molar-refractivity contribution in [2.24, 2.45) is 5.41 Å². The number of ether oxygens (including phenoxy) is 1. The molecule has 0 spiro atoms. The van der Waals surface area contributed by atoms with Crippen LogP contribution in [0.5, 0.6) is 5.75 Å². The van der Waals surface area contributed by atoms with E-state index in [1.165, 1.54) is 13.2 Å². The van der Waals surface area contributed by atoms with E-state index in [4.69, 9.17) is 4.74 Å². The zero-order valence-electron chi connectivity index (χ0n) is 12.1. The molecule has 0 fully saturated rings. The summed E-state index contributed by atoms with van der Waals surface area (Å²) in [6.07, 6.45) is 3.73. The van der Waals surface area contributed by atoms with Crippen molar-refractivity contribution in [3.8, 4) is 5.75 Å². The van der Waals surface area contributed by atoms with E-state index in [1.54, 1.807) is 12.1 Å². The van der Waals surface area contributed by atoms with Crippen LogP contribution in [-0.2, 0) is 0 Å². The Balaban J connectivity index is 2.55. The van der Waals surface area contributed by atoms with Crippen molar-refractivity contribution in [3.63, 3.8) is 0 Å². The van der Waals surface area contributed by atoms with Gasteiger partial charge in [-0.1, -0.05) is 32.1 Å². The molecule has 0 bridgehead atoms. The second kappa shape index (κ2) is 5.12. The topological polar surface area (TPSA) is 52.4 Å². The van der Waals surface area contributed by atoms with E-state index in [0.717, 1.165) is 17.6 Å². The summed E-state index contributed by atoms with van der Waals surface area (Å²) in [6.45, 7) is 8.29. The maximum atomic E-state index is 11.3. The van der Waals surface area contributed by atoms with Crippen molar-refractivity contribution in [2.75, 3.05) is 7.11 Å². The Bertz CT molecular complexity index is 600. The van der Waals surface area contributed by atoms with E-state index < -0.39 is 0 Å². The molecule has 0 heterocycles. The molecular weight excluding hydrogens is 254 g/mol. The monoisotopic (exact) mass is 273 g/mol. The quantitative estimate of drug-likeness (QED) is 0.467. The smallest absolute Gasteiger partial charge is 0.280 e. The van der Waals surface area contributed by atoms with Crippen LogP contribution in [0.3, 0.4) is 0 Å². The van der Waals surface area contributed by atoms with Crippen molar-refractivity contribution >= 4 is 11.3 Å². The Hall–Kier alpha value is -2.10. The summed E-state index contributed by atoms with van der Waals surface area (Å²) in [5.74, 6) is 0.495. The predicted octanol–water partition coefficient (Wildman–Crippen LogP) is 4.36. The first-order chi connectivity index (χ1) is 9.32. The first kappa shape index (κ1) is 14.3. The van der Waals surface area contributed by atoms with Crippen LogP contribution in [-0.4, -0.2) is 12.0 Å². The third-order valence-electron chi connectivity index (χ3n) is 3.46. The molecule has 0 unspecified atom stereocenters. The van der Waals surface area contributed by atoms with E-state index in [1.807, 2.05) is 0 Å². The van der Waals surface area contributed by atoms with Crippen LogP contribution in [0.1, 0.15) is 32.3 Å². The zero-order valence-corrected chi connectivity index (χ0v) is 12.1.